The number of carbonyl (C=O) groups excluding carboxylic acids is 1. The second kappa shape index (κ2) is 8.11. The minimum Gasteiger partial charge on any atom is -0.493 e. The molecule has 0 fully saturated rings. The van der Waals surface area contributed by atoms with Crippen LogP contribution < -0.4 is 14.8 Å². The standard InChI is InChI=1S/C19H22ClNO3S/c1-3-24-18-15(20)8-12(9-16(18)23-2)10-21-19(22)14-11-25-17-7-5-4-6-13(14)17/h8-9,11H,3-7,10H2,1-2H3,(H,21,22). The van der Waals surface area contributed by atoms with Gasteiger partial charge >= 0.3 is 0 Å². The summed E-state index contributed by atoms with van der Waals surface area (Å²) in [5.74, 6) is 1.09. The largest absolute Gasteiger partial charge is 0.493 e. The molecular formula is C19H22ClNO3S. The van der Waals surface area contributed by atoms with E-state index in [1.165, 1.54) is 16.9 Å². The maximum absolute atomic E-state index is 12.6. The third-order valence-corrected chi connectivity index (χ3v) is 5.71. The van der Waals surface area contributed by atoms with Crippen LogP contribution in [-0.4, -0.2) is 19.6 Å². The number of rotatable bonds is 6. The van der Waals surface area contributed by atoms with E-state index in [-0.39, 0.29) is 5.91 Å². The van der Waals surface area contributed by atoms with Gasteiger partial charge in [-0.1, -0.05) is 11.6 Å². The van der Waals surface area contributed by atoms with Gasteiger partial charge in [-0.25, -0.2) is 0 Å². The minimum absolute atomic E-state index is 0.0247. The van der Waals surface area contributed by atoms with Crippen LogP contribution in [-0.2, 0) is 19.4 Å². The fourth-order valence-electron chi connectivity index (χ4n) is 3.12. The number of nitrogens with one attached hydrogen (secondary N) is 1. The van der Waals surface area contributed by atoms with Crippen LogP contribution in [0, 0.1) is 0 Å². The average molecular weight is 380 g/mol. The molecule has 134 valence electrons. The smallest absolute Gasteiger partial charge is 0.252 e. The predicted molar refractivity (Wildman–Crippen MR) is 101 cm³/mol. The van der Waals surface area contributed by atoms with Crippen molar-refractivity contribution < 1.29 is 14.3 Å². The van der Waals surface area contributed by atoms with E-state index in [9.17, 15) is 4.79 Å². The summed E-state index contributed by atoms with van der Waals surface area (Å²) in [6, 6.07) is 3.65. The highest BCUT2D eigenvalue weighted by molar-refractivity contribution is 7.10. The molecule has 6 heteroatoms. The fourth-order valence-corrected chi connectivity index (χ4v) is 4.54. The van der Waals surface area contributed by atoms with Crippen LogP contribution in [0.4, 0.5) is 0 Å². The highest BCUT2D eigenvalue weighted by Crippen LogP contribution is 2.36. The van der Waals surface area contributed by atoms with Gasteiger partial charge in [-0.2, -0.15) is 0 Å². The molecule has 0 radical (unpaired) electrons. The summed E-state index contributed by atoms with van der Waals surface area (Å²) in [6.07, 6.45) is 4.48. The molecule has 1 aliphatic rings. The Hall–Kier alpha value is -1.72. The molecule has 0 saturated heterocycles. The van der Waals surface area contributed by atoms with E-state index in [1.54, 1.807) is 24.5 Å². The molecule has 2 aromatic rings. The molecular weight excluding hydrogens is 358 g/mol. The summed E-state index contributed by atoms with van der Waals surface area (Å²) >= 11 is 7.99. The molecule has 1 amide bonds. The Morgan fingerprint density at radius 2 is 2.12 bits per heavy atom. The first-order valence-electron chi connectivity index (χ1n) is 8.50. The molecule has 0 saturated carbocycles. The molecule has 0 aliphatic heterocycles. The fraction of sp³-hybridized carbons (Fsp3) is 0.421. The zero-order chi connectivity index (χ0) is 17.8. The Bertz CT molecular complexity index is 772. The maximum atomic E-state index is 12.6. The number of fused-ring (bicyclic) bond motifs is 1. The van der Waals surface area contributed by atoms with Gasteiger partial charge < -0.3 is 14.8 Å². The molecule has 1 heterocycles. The van der Waals surface area contributed by atoms with Gasteiger partial charge in [0, 0.05) is 16.8 Å². The van der Waals surface area contributed by atoms with Gasteiger partial charge in [-0.15, -0.1) is 11.3 Å². The van der Waals surface area contributed by atoms with Gasteiger partial charge in [0.15, 0.2) is 11.5 Å². The number of hydrogen-bond acceptors (Lipinski definition) is 4. The molecule has 4 nitrogen and oxygen atoms in total. The zero-order valence-electron chi connectivity index (χ0n) is 14.5. The maximum Gasteiger partial charge on any atom is 0.252 e. The number of amides is 1. The van der Waals surface area contributed by atoms with E-state index in [4.69, 9.17) is 21.1 Å². The first-order chi connectivity index (χ1) is 12.1. The molecule has 0 spiro atoms. The van der Waals surface area contributed by atoms with Crippen molar-refractivity contribution in [3.05, 3.63) is 44.1 Å². The van der Waals surface area contributed by atoms with Crippen LogP contribution in [0.3, 0.4) is 0 Å². The van der Waals surface area contributed by atoms with E-state index in [0.717, 1.165) is 30.4 Å². The number of methoxy groups -OCH3 is 1. The first kappa shape index (κ1) is 18.1. The zero-order valence-corrected chi connectivity index (χ0v) is 16.1. The number of aryl methyl sites for hydroxylation is 1. The Kier molecular flexibility index (Phi) is 5.86. The Balaban J connectivity index is 1.72. The van der Waals surface area contributed by atoms with Crippen molar-refractivity contribution in [2.24, 2.45) is 0 Å². The van der Waals surface area contributed by atoms with Gasteiger partial charge in [0.2, 0.25) is 0 Å². The number of carbonyl (C=O) groups is 1. The van der Waals surface area contributed by atoms with E-state index in [0.29, 0.717) is 29.7 Å². The number of halogens is 1. The third kappa shape index (κ3) is 3.93. The van der Waals surface area contributed by atoms with Crippen molar-refractivity contribution in [1.82, 2.24) is 5.32 Å². The molecule has 1 aromatic carbocycles. The van der Waals surface area contributed by atoms with Crippen molar-refractivity contribution in [2.45, 2.75) is 39.2 Å². The normalized spacial score (nSPS) is 13.2. The minimum atomic E-state index is -0.0247. The summed E-state index contributed by atoms with van der Waals surface area (Å²) in [4.78, 5) is 13.9. The lowest BCUT2D eigenvalue weighted by molar-refractivity contribution is 0.0950. The van der Waals surface area contributed by atoms with Gasteiger partial charge in [-0.3, -0.25) is 4.79 Å². The van der Waals surface area contributed by atoms with Gasteiger partial charge in [-0.05, 0) is 55.9 Å². The van der Waals surface area contributed by atoms with Crippen LogP contribution in [0.1, 0.15) is 46.1 Å². The monoisotopic (exact) mass is 379 g/mol. The van der Waals surface area contributed by atoms with E-state index >= 15 is 0 Å². The number of thiophene rings is 1. The second-order valence-electron chi connectivity index (χ2n) is 5.98. The van der Waals surface area contributed by atoms with Crippen LogP contribution in [0.5, 0.6) is 11.5 Å². The topological polar surface area (TPSA) is 47.6 Å². The van der Waals surface area contributed by atoms with Crippen molar-refractivity contribution in [1.29, 1.82) is 0 Å². The van der Waals surface area contributed by atoms with Crippen LogP contribution >= 0.6 is 22.9 Å². The van der Waals surface area contributed by atoms with E-state index in [2.05, 4.69) is 5.32 Å². The van der Waals surface area contributed by atoms with E-state index in [1.807, 2.05) is 18.4 Å². The molecule has 0 atom stereocenters. The van der Waals surface area contributed by atoms with Crippen molar-refractivity contribution >= 4 is 28.8 Å². The molecule has 3 rings (SSSR count). The molecule has 1 aliphatic carbocycles. The lowest BCUT2D eigenvalue weighted by Crippen LogP contribution is -2.24. The number of ether oxygens (including phenoxy) is 2. The highest BCUT2D eigenvalue weighted by Gasteiger charge is 2.20. The Morgan fingerprint density at radius 3 is 2.88 bits per heavy atom. The first-order valence-corrected chi connectivity index (χ1v) is 9.76. The van der Waals surface area contributed by atoms with E-state index < -0.39 is 0 Å². The second-order valence-corrected chi connectivity index (χ2v) is 7.35. The summed E-state index contributed by atoms with van der Waals surface area (Å²) < 4.78 is 10.9. The number of hydrogen-bond donors (Lipinski definition) is 1. The summed E-state index contributed by atoms with van der Waals surface area (Å²) in [5.41, 5.74) is 2.93. The van der Waals surface area contributed by atoms with Crippen molar-refractivity contribution in [2.75, 3.05) is 13.7 Å². The molecule has 25 heavy (non-hydrogen) atoms. The van der Waals surface area contributed by atoms with Gasteiger partial charge in [0.25, 0.3) is 5.91 Å². The van der Waals surface area contributed by atoms with Crippen LogP contribution in [0.15, 0.2) is 17.5 Å². The lowest BCUT2D eigenvalue weighted by Gasteiger charge is -2.14. The SMILES string of the molecule is CCOc1c(Cl)cc(CNC(=O)c2csc3c2CCCC3)cc1OC. The lowest BCUT2D eigenvalue weighted by atomic mass is 9.95. The predicted octanol–water partition coefficient (Wildman–Crippen LogP) is 4.62. The Labute approximate surface area is 157 Å². The Morgan fingerprint density at radius 1 is 1.32 bits per heavy atom. The summed E-state index contributed by atoms with van der Waals surface area (Å²) in [5, 5.41) is 5.46. The molecule has 0 bridgehead atoms. The molecule has 0 unspecified atom stereocenters. The summed E-state index contributed by atoms with van der Waals surface area (Å²) in [6.45, 7) is 2.80. The summed E-state index contributed by atoms with van der Waals surface area (Å²) in [7, 11) is 1.58. The van der Waals surface area contributed by atoms with Crippen molar-refractivity contribution in [3.8, 4) is 11.5 Å². The van der Waals surface area contributed by atoms with Crippen LogP contribution in [0.2, 0.25) is 5.02 Å². The highest BCUT2D eigenvalue weighted by atomic mass is 35.5. The molecule has 1 aromatic heterocycles. The van der Waals surface area contributed by atoms with Crippen LogP contribution in [0.25, 0.3) is 0 Å². The van der Waals surface area contributed by atoms with Crippen molar-refractivity contribution in [3.63, 3.8) is 0 Å². The third-order valence-electron chi connectivity index (χ3n) is 4.34. The number of benzene rings is 1. The van der Waals surface area contributed by atoms with Gasteiger partial charge in [0.1, 0.15) is 0 Å². The average Bonchev–Trinajstić information content (AvgIpc) is 3.05. The quantitative estimate of drug-likeness (QED) is 0.796. The molecule has 1 N–H and O–H groups in total. The van der Waals surface area contributed by atoms with Gasteiger partial charge in [0.05, 0.1) is 24.3 Å².